The molecule has 3 N–H and O–H groups in total. The van der Waals surface area contributed by atoms with Crippen LogP contribution in [0.25, 0.3) is 0 Å². The molecule has 0 heterocycles. The molecule has 0 saturated heterocycles. The molecule has 3 heteroatoms. The molecule has 76 valence electrons. The van der Waals surface area contributed by atoms with Gasteiger partial charge in [0.15, 0.2) is 0 Å². The van der Waals surface area contributed by atoms with E-state index in [1.165, 1.54) is 6.07 Å². The van der Waals surface area contributed by atoms with Gasteiger partial charge in [0.2, 0.25) is 0 Å². The molecule has 0 spiro atoms. The van der Waals surface area contributed by atoms with Gasteiger partial charge in [-0.15, -0.1) is 0 Å². The van der Waals surface area contributed by atoms with Crippen LogP contribution in [0.2, 0.25) is 0 Å². The molecule has 1 saturated carbocycles. The lowest BCUT2D eigenvalue weighted by molar-refractivity contribution is 0.522. The standard InChI is InChI=1S/C11H15FN2/c12-10-3-1-2-9(8-10)11(4-5-11)14-7-6-13/h1-3,8,14H,4-7,13H2. The highest BCUT2D eigenvalue weighted by Gasteiger charge is 2.43. The summed E-state index contributed by atoms with van der Waals surface area (Å²) in [4.78, 5) is 0. The summed E-state index contributed by atoms with van der Waals surface area (Å²) in [6.45, 7) is 1.41. The van der Waals surface area contributed by atoms with Gasteiger partial charge in [-0.3, -0.25) is 0 Å². The molecule has 0 atom stereocenters. The van der Waals surface area contributed by atoms with Crippen molar-refractivity contribution in [1.29, 1.82) is 0 Å². The first-order valence-electron chi connectivity index (χ1n) is 4.98. The van der Waals surface area contributed by atoms with E-state index in [1.54, 1.807) is 12.1 Å². The maximum Gasteiger partial charge on any atom is 0.123 e. The first-order valence-corrected chi connectivity index (χ1v) is 4.98. The fourth-order valence-corrected chi connectivity index (χ4v) is 1.79. The quantitative estimate of drug-likeness (QED) is 0.759. The van der Waals surface area contributed by atoms with Crippen molar-refractivity contribution < 1.29 is 4.39 Å². The van der Waals surface area contributed by atoms with E-state index in [4.69, 9.17) is 5.73 Å². The SMILES string of the molecule is NCCNC1(c2cccc(F)c2)CC1. The third-order valence-corrected chi connectivity index (χ3v) is 2.73. The summed E-state index contributed by atoms with van der Waals surface area (Å²) < 4.78 is 13.0. The number of halogens is 1. The third-order valence-electron chi connectivity index (χ3n) is 2.73. The smallest absolute Gasteiger partial charge is 0.123 e. The van der Waals surface area contributed by atoms with E-state index in [9.17, 15) is 4.39 Å². The summed E-state index contributed by atoms with van der Waals surface area (Å²) >= 11 is 0. The molecule has 0 bridgehead atoms. The lowest BCUT2D eigenvalue weighted by atomic mass is 10.0. The van der Waals surface area contributed by atoms with E-state index in [1.807, 2.05) is 6.07 Å². The van der Waals surface area contributed by atoms with Crippen LogP contribution >= 0.6 is 0 Å². The number of nitrogens with two attached hydrogens (primary N) is 1. The van der Waals surface area contributed by atoms with Gasteiger partial charge in [-0.25, -0.2) is 4.39 Å². The van der Waals surface area contributed by atoms with Crippen LogP contribution in [-0.4, -0.2) is 13.1 Å². The van der Waals surface area contributed by atoms with E-state index < -0.39 is 0 Å². The van der Waals surface area contributed by atoms with Crippen LogP contribution in [0.15, 0.2) is 24.3 Å². The largest absolute Gasteiger partial charge is 0.329 e. The van der Waals surface area contributed by atoms with Gasteiger partial charge in [0.1, 0.15) is 5.82 Å². The molecule has 1 aromatic carbocycles. The zero-order chi connectivity index (χ0) is 10.0. The molecule has 2 nitrogen and oxygen atoms in total. The van der Waals surface area contributed by atoms with Crippen molar-refractivity contribution in [2.24, 2.45) is 5.73 Å². The number of nitrogens with one attached hydrogen (secondary N) is 1. The predicted octanol–water partition coefficient (Wildman–Crippen LogP) is 1.36. The summed E-state index contributed by atoms with van der Waals surface area (Å²) in [7, 11) is 0. The minimum absolute atomic E-state index is 0.0153. The Bertz CT molecular complexity index is 321. The fraction of sp³-hybridized carbons (Fsp3) is 0.455. The van der Waals surface area contributed by atoms with Crippen molar-refractivity contribution in [2.75, 3.05) is 13.1 Å². The van der Waals surface area contributed by atoms with Crippen LogP contribution in [0.3, 0.4) is 0 Å². The van der Waals surface area contributed by atoms with E-state index in [0.29, 0.717) is 6.54 Å². The molecule has 14 heavy (non-hydrogen) atoms. The van der Waals surface area contributed by atoms with E-state index >= 15 is 0 Å². The molecule has 0 radical (unpaired) electrons. The normalized spacial score (nSPS) is 18.1. The number of benzene rings is 1. The van der Waals surface area contributed by atoms with Gasteiger partial charge in [-0.05, 0) is 30.5 Å². The highest BCUT2D eigenvalue weighted by molar-refractivity contribution is 5.30. The average molecular weight is 194 g/mol. The van der Waals surface area contributed by atoms with E-state index in [0.717, 1.165) is 24.9 Å². The number of hydrogen-bond acceptors (Lipinski definition) is 2. The molecule has 1 aliphatic carbocycles. The highest BCUT2D eigenvalue weighted by Crippen LogP contribution is 2.45. The molecule has 0 unspecified atom stereocenters. The summed E-state index contributed by atoms with van der Waals surface area (Å²) in [6, 6.07) is 6.81. The Morgan fingerprint density at radius 1 is 1.43 bits per heavy atom. The van der Waals surface area contributed by atoms with Crippen LogP contribution in [0.1, 0.15) is 18.4 Å². The van der Waals surface area contributed by atoms with Crippen LogP contribution in [0.5, 0.6) is 0 Å². The van der Waals surface area contributed by atoms with Crippen molar-refractivity contribution in [1.82, 2.24) is 5.32 Å². The van der Waals surface area contributed by atoms with Gasteiger partial charge < -0.3 is 11.1 Å². The minimum Gasteiger partial charge on any atom is -0.329 e. The maximum absolute atomic E-state index is 13.0. The van der Waals surface area contributed by atoms with Gasteiger partial charge in [-0.1, -0.05) is 12.1 Å². The van der Waals surface area contributed by atoms with Crippen LogP contribution in [0.4, 0.5) is 4.39 Å². The van der Waals surface area contributed by atoms with Gasteiger partial charge >= 0.3 is 0 Å². The van der Waals surface area contributed by atoms with Crippen molar-refractivity contribution >= 4 is 0 Å². The van der Waals surface area contributed by atoms with E-state index in [2.05, 4.69) is 5.32 Å². The Morgan fingerprint density at radius 3 is 2.79 bits per heavy atom. The second kappa shape index (κ2) is 3.67. The molecule has 1 fully saturated rings. The average Bonchev–Trinajstić information content (AvgIpc) is 2.96. The van der Waals surface area contributed by atoms with Gasteiger partial charge in [-0.2, -0.15) is 0 Å². The molecule has 2 rings (SSSR count). The fourth-order valence-electron chi connectivity index (χ4n) is 1.79. The van der Waals surface area contributed by atoms with Crippen LogP contribution in [-0.2, 0) is 5.54 Å². The van der Waals surface area contributed by atoms with Crippen LogP contribution in [0, 0.1) is 5.82 Å². The molecular weight excluding hydrogens is 179 g/mol. The topological polar surface area (TPSA) is 38.0 Å². The maximum atomic E-state index is 13.0. The molecule has 0 aliphatic heterocycles. The van der Waals surface area contributed by atoms with Gasteiger partial charge in [0.05, 0.1) is 0 Å². The zero-order valence-corrected chi connectivity index (χ0v) is 8.09. The monoisotopic (exact) mass is 194 g/mol. The van der Waals surface area contributed by atoms with Gasteiger partial charge in [0.25, 0.3) is 0 Å². The molecule has 1 aromatic rings. The Morgan fingerprint density at radius 2 is 2.21 bits per heavy atom. The minimum atomic E-state index is -0.164. The predicted molar refractivity (Wildman–Crippen MR) is 54.4 cm³/mol. The molecule has 0 aromatic heterocycles. The first-order chi connectivity index (χ1) is 6.77. The molecule has 1 aliphatic rings. The highest BCUT2D eigenvalue weighted by atomic mass is 19.1. The third kappa shape index (κ3) is 1.79. The Kier molecular flexibility index (Phi) is 2.52. The Hall–Kier alpha value is -0.930. The summed E-state index contributed by atoms with van der Waals surface area (Å²) in [6.07, 6.45) is 2.16. The van der Waals surface area contributed by atoms with E-state index in [-0.39, 0.29) is 11.4 Å². The van der Waals surface area contributed by atoms with Crippen molar-refractivity contribution in [3.63, 3.8) is 0 Å². The lowest BCUT2D eigenvalue weighted by Crippen LogP contribution is -2.33. The van der Waals surface area contributed by atoms with Crippen molar-refractivity contribution in [3.8, 4) is 0 Å². The second-order valence-electron chi connectivity index (χ2n) is 3.81. The number of hydrogen-bond donors (Lipinski definition) is 2. The lowest BCUT2D eigenvalue weighted by Gasteiger charge is -2.17. The van der Waals surface area contributed by atoms with Gasteiger partial charge in [0, 0.05) is 18.6 Å². The molecule has 0 amide bonds. The number of rotatable bonds is 4. The zero-order valence-electron chi connectivity index (χ0n) is 8.09. The Balaban J connectivity index is 2.14. The van der Waals surface area contributed by atoms with Crippen LogP contribution < -0.4 is 11.1 Å². The first kappa shape index (κ1) is 9.62. The summed E-state index contributed by atoms with van der Waals surface area (Å²) in [5.74, 6) is -0.164. The molecular formula is C11H15FN2. The Labute approximate surface area is 83.3 Å². The van der Waals surface area contributed by atoms with Crippen molar-refractivity contribution in [2.45, 2.75) is 18.4 Å². The second-order valence-corrected chi connectivity index (χ2v) is 3.81. The summed E-state index contributed by atoms with van der Waals surface area (Å²) in [5, 5.41) is 3.37. The van der Waals surface area contributed by atoms with Crippen molar-refractivity contribution in [3.05, 3.63) is 35.6 Å². The summed E-state index contributed by atoms with van der Waals surface area (Å²) in [5.41, 5.74) is 6.50.